The lowest BCUT2D eigenvalue weighted by Gasteiger charge is -2.22. The summed E-state index contributed by atoms with van der Waals surface area (Å²) in [6.45, 7) is 2.22. The number of amides is 3. The Hall–Kier alpha value is -2.87. The average Bonchev–Trinajstić information content (AvgIpc) is 3.31. The molecular formula is C23H21Cl2N3O3S. The van der Waals surface area contributed by atoms with E-state index >= 15 is 0 Å². The Morgan fingerprint density at radius 1 is 1.00 bits per heavy atom. The SMILES string of the molecule is CCCN(CC(=O)Nc1ccc(Cl)cc1Cl)C(=O)c1ccc(NC(=O)c2cccs2)cc1. The second-order valence-corrected chi connectivity index (χ2v) is 8.70. The topological polar surface area (TPSA) is 78.5 Å². The highest BCUT2D eigenvalue weighted by Gasteiger charge is 2.19. The first-order valence-electron chi connectivity index (χ1n) is 9.86. The number of carbonyl (C=O) groups is 3. The van der Waals surface area contributed by atoms with E-state index in [0.29, 0.717) is 44.8 Å². The van der Waals surface area contributed by atoms with Crippen LogP contribution in [0.2, 0.25) is 10.0 Å². The summed E-state index contributed by atoms with van der Waals surface area (Å²) in [6.07, 6.45) is 0.690. The first-order chi connectivity index (χ1) is 15.4. The minimum Gasteiger partial charge on any atom is -0.329 e. The first-order valence-corrected chi connectivity index (χ1v) is 11.5. The van der Waals surface area contributed by atoms with Gasteiger partial charge in [0, 0.05) is 22.8 Å². The Bertz CT molecular complexity index is 1100. The molecule has 0 spiro atoms. The monoisotopic (exact) mass is 489 g/mol. The Kier molecular flexibility index (Phi) is 8.27. The van der Waals surface area contributed by atoms with E-state index in [1.165, 1.54) is 22.3 Å². The quantitative estimate of drug-likeness (QED) is 0.419. The molecule has 0 aliphatic heterocycles. The largest absolute Gasteiger partial charge is 0.329 e. The zero-order chi connectivity index (χ0) is 23.1. The highest BCUT2D eigenvalue weighted by atomic mass is 35.5. The first kappa shape index (κ1) is 23.8. The van der Waals surface area contributed by atoms with Crippen LogP contribution in [0.3, 0.4) is 0 Å². The van der Waals surface area contributed by atoms with Gasteiger partial charge >= 0.3 is 0 Å². The van der Waals surface area contributed by atoms with Crippen LogP contribution < -0.4 is 10.6 Å². The molecule has 0 bridgehead atoms. The molecule has 0 saturated heterocycles. The van der Waals surface area contributed by atoms with Crippen LogP contribution in [0, 0.1) is 0 Å². The molecule has 0 aliphatic carbocycles. The van der Waals surface area contributed by atoms with Crippen LogP contribution in [0.4, 0.5) is 11.4 Å². The maximum atomic E-state index is 13.0. The van der Waals surface area contributed by atoms with Crippen molar-refractivity contribution in [3.05, 3.63) is 80.5 Å². The summed E-state index contributed by atoms with van der Waals surface area (Å²) in [4.78, 5) is 39.7. The van der Waals surface area contributed by atoms with Crippen molar-refractivity contribution in [2.45, 2.75) is 13.3 Å². The summed E-state index contributed by atoms with van der Waals surface area (Å²) < 4.78 is 0. The lowest BCUT2D eigenvalue weighted by molar-refractivity contribution is -0.116. The van der Waals surface area contributed by atoms with Gasteiger partial charge in [0.15, 0.2) is 0 Å². The Morgan fingerprint density at radius 2 is 1.75 bits per heavy atom. The molecule has 3 rings (SSSR count). The molecule has 32 heavy (non-hydrogen) atoms. The fourth-order valence-electron chi connectivity index (χ4n) is 2.96. The molecule has 166 valence electrons. The number of thiophene rings is 1. The third-order valence-corrected chi connectivity index (χ3v) is 5.87. The minimum absolute atomic E-state index is 0.123. The number of hydrogen-bond acceptors (Lipinski definition) is 4. The molecule has 0 atom stereocenters. The molecule has 0 radical (unpaired) electrons. The van der Waals surface area contributed by atoms with Gasteiger partial charge in [-0.05, 0) is 60.3 Å². The number of anilines is 2. The highest BCUT2D eigenvalue weighted by Crippen LogP contribution is 2.25. The molecule has 3 aromatic rings. The van der Waals surface area contributed by atoms with Crippen LogP contribution in [0.5, 0.6) is 0 Å². The van der Waals surface area contributed by atoms with E-state index in [4.69, 9.17) is 23.2 Å². The van der Waals surface area contributed by atoms with Gasteiger partial charge in [0.2, 0.25) is 5.91 Å². The summed E-state index contributed by atoms with van der Waals surface area (Å²) >= 11 is 13.3. The van der Waals surface area contributed by atoms with Crippen LogP contribution in [-0.2, 0) is 4.79 Å². The van der Waals surface area contributed by atoms with Crippen molar-refractivity contribution in [3.8, 4) is 0 Å². The molecule has 1 heterocycles. The van der Waals surface area contributed by atoms with Crippen LogP contribution in [-0.4, -0.2) is 35.7 Å². The van der Waals surface area contributed by atoms with E-state index in [0.717, 1.165) is 0 Å². The minimum atomic E-state index is -0.365. The van der Waals surface area contributed by atoms with Crippen molar-refractivity contribution in [3.63, 3.8) is 0 Å². The molecule has 9 heteroatoms. The number of carbonyl (C=O) groups excluding carboxylic acids is 3. The summed E-state index contributed by atoms with van der Waals surface area (Å²) in [5.74, 6) is -0.847. The molecule has 0 unspecified atom stereocenters. The van der Waals surface area contributed by atoms with Gasteiger partial charge in [-0.3, -0.25) is 14.4 Å². The third kappa shape index (κ3) is 6.32. The lowest BCUT2D eigenvalue weighted by Crippen LogP contribution is -2.38. The summed E-state index contributed by atoms with van der Waals surface area (Å²) in [7, 11) is 0. The Morgan fingerprint density at radius 3 is 2.38 bits per heavy atom. The van der Waals surface area contributed by atoms with Crippen molar-refractivity contribution >= 4 is 63.6 Å². The standard InChI is InChI=1S/C23H21Cl2N3O3S/c1-2-11-28(14-21(29)27-19-10-7-16(24)13-18(19)25)23(31)15-5-8-17(9-6-15)26-22(30)20-4-3-12-32-20/h3-10,12-13H,2,11,14H2,1H3,(H,26,30)(H,27,29). The van der Waals surface area contributed by atoms with E-state index in [1.807, 2.05) is 12.3 Å². The number of hydrogen-bond donors (Lipinski definition) is 2. The van der Waals surface area contributed by atoms with Crippen LogP contribution in [0.1, 0.15) is 33.4 Å². The van der Waals surface area contributed by atoms with E-state index in [-0.39, 0.29) is 24.3 Å². The molecular weight excluding hydrogens is 469 g/mol. The van der Waals surface area contributed by atoms with Crippen LogP contribution in [0.15, 0.2) is 60.0 Å². The Balaban J connectivity index is 1.64. The summed E-state index contributed by atoms with van der Waals surface area (Å²) in [6, 6.07) is 14.9. The molecule has 0 aliphatic rings. The van der Waals surface area contributed by atoms with E-state index in [1.54, 1.807) is 48.5 Å². The molecule has 3 amide bonds. The molecule has 1 aromatic heterocycles. The van der Waals surface area contributed by atoms with Gasteiger partial charge < -0.3 is 15.5 Å². The maximum absolute atomic E-state index is 13.0. The van der Waals surface area contributed by atoms with Gasteiger partial charge in [-0.25, -0.2) is 0 Å². The molecule has 0 saturated carbocycles. The number of benzene rings is 2. The fraction of sp³-hybridized carbons (Fsp3) is 0.174. The van der Waals surface area contributed by atoms with Crippen LogP contribution in [0.25, 0.3) is 0 Å². The normalized spacial score (nSPS) is 10.5. The van der Waals surface area contributed by atoms with Crippen molar-refractivity contribution in [1.82, 2.24) is 4.90 Å². The third-order valence-electron chi connectivity index (χ3n) is 4.46. The molecule has 2 aromatic carbocycles. The van der Waals surface area contributed by atoms with Crippen LogP contribution >= 0.6 is 34.5 Å². The van der Waals surface area contributed by atoms with Crippen molar-refractivity contribution in [1.29, 1.82) is 0 Å². The average molecular weight is 490 g/mol. The predicted octanol–water partition coefficient (Wildman–Crippen LogP) is 5.80. The van der Waals surface area contributed by atoms with Gasteiger partial charge in [-0.1, -0.05) is 36.2 Å². The zero-order valence-corrected chi connectivity index (χ0v) is 19.6. The second kappa shape index (κ2) is 11.1. The van der Waals surface area contributed by atoms with Gasteiger partial charge in [0.25, 0.3) is 11.8 Å². The lowest BCUT2D eigenvalue weighted by atomic mass is 10.1. The van der Waals surface area contributed by atoms with Gasteiger partial charge in [0.05, 0.1) is 15.6 Å². The van der Waals surface area contributed by atoms with Crippen molar-refractivity contribution < 1.29 is 14.4 Å². The smallest absolute Gasteiger partial charge is 0.265 e. The summed E-state index contributed by atoms with van der Waals surface area (Å²) in [5, 5.41) is 8.11. The fourth-order valence-corrected chi connectivity index (χ4v) is 4.03. The highest BCUT2D eigenvalue weighted by molar-refractivity contribution is 7.12. The number of halogens is 2. The maximum Gasteiger partial charge on any atom is 0.265 e. The number of rotatable bonds is 8. The zero-order valence-electron chi connectivity index (χ0n) is 17.2. The molecule has 2 N–H and O–H groups in total. The van der Waals surface area contributed by atoms with E-state index in [2.05, 4.69) is 10.6 Å². The van der Waals surface area contributed by atoms with Gasteiger partial charge in [0.1, 0.15) is 6.54 Å². The molecule has 0 fully saturated rings. The van der Waals surface area contributed by atoms with Gasteiger partial charge in [-0.15, -0.1) is 11.3 Å². The second-order valence-electron chi connectivity index (χ2n) is 6.91. The van der Waals surface area contributed by atoms with E-state index < -0.39 is 0 Å². The Labute approximate surface area is 200 Å². The van der Waals surface area contributed by atoms with E-state index in [9.17, 15) is 14.4 Å². The van der Waals surface area contributed by atoms with Crippen molar-refractivity contribution in [2.24, 2.45) is 0 Å². The van der Waals surface area contributed by atoms with Gasteiger partial charge in [-0.2, -0.15) is 0 Å². The number of nitrogens with zero attached hydrogens (tertiary/aromatic N) is 1. The molecule has 6 nitrogen and oxygen atoms in total. The predicted molar refractivity (Wildman–Crippen MR) is 130 cm³/mol. The summed E-state index contributed by atoms with van der Waals surface area (Å²) in [5.41, 5.74) is 1.43. The van der Waals surface area contributed by atoms with Crippen molar-refractivity contribution in [2.75, 3.05) is 23.7 Å². The number of nitrogens with one attached hydrogen (secondary N) is 2.